The van der Waals surface area contributed by atoms with Crippen molar-refractivity contribution >= 4 is 22.7 Å². The van der Waals surface area contributed by atoms with Gasteiger partial charge in [-0.05, 0) is 30.3 Å². The molecule has 0 saturated heterocycles. The molecule has 4 aromatic rings. The number of nitrogens with one attached hydrogen (secondary N) is 2. The van der Waals surface area contributed by atoms with E-state index in [0.29, 0.717) is 19.0 Å². The van der Waals surface area contributed by atoms with Gasteiger partial charge in [0.15, 0.2) is 0 Å². The van der Waals surface area contributed by atoms with E-state index < -0.39 is 0 Å². The quantitative estimate of drug-likeness (QED) is 0.507. The number of aromatic nitrogens is 2. The van der Waals surface area contributed by atoms with Crippen LogP contribution in [0.2, 0.25) is 0 Å². The number of fused-ring (bicyclic) bond motifs is 1. The smallest absolute Gasteiger partial charge is 0.225 e. The number of hydrogen-bond donors (Lipinski definition) is 2. The summed E-state index contributed by atoms with van der Waals surface area (Å²) < 4.78 is 10.8. The Hall–Kier alpha value is -3.54. The SMILES string of the molecule is COc1ccccc1CNc1nc(NCc2ccco2)nc2ccccc12. The van der Waals surface area contributed by atoms with E-state index in [4.69, 9.17) is 9.15 Å². The molecule has 0 fully saturated rings. The van der Waals surface area contributed by atoms with Crippen molar-refractivity contribution in [2.24, 2.45) is 0 Å². The van der Waals surface area contributed by atoms with Gasteiger partial charge in [-0.15, -0.1) is 0 Å². The number of methoxy groups -OCH3 is 1. The Kier molecular flexibility index (Phi) is 4.87. The summed E-state index contributed by atoms with van der Waals surface area (Å²) in [5.41, 5.74) is 1.93. The Bertz CT molecular complexity index is 1030. The van der Waals surface area contributed by atoms with E-state index in [9.17, 15) is 0 Å². The number of ether oxygens (including phenoxy) is 1. The van der Waals surface area contributed by atoms with Gasteiger partial charge in [-0.25, -0.2) is 4.98 Å². The van der Waals surface area contributed by atoms with Crippen LogP contribution in [-0.4, -0.2) is 17.1 Å². The van der Waals surface area contributed by atoms with Gasteiger partial charge in [0.05, 0.1) is 25.4 Å². The topological polar surface area (TPSA) is 72.2 Å². The molecule has 2 N–H and O–H groups in total. The molecule has 0 aliphatic rings. The Morgan fingerprint density at radius 3 is 2.59 bits per heavy atom. The summed E-state index contributed by atoms with van der Waals surface area (Å²) in [5, 5.41) is 7.61. The number of rotatable bonds is 7. The largest absolute Gasteiger partial charge is 0.496 e. The molecule has 0 radical (unpaired) electrons. The van der Waals surface area contributed by atoms with Crippen molar-refractivity contribution in [3.8, 4) is 5.75 Å². The van der Waals surface area contributed by atoms with Crippen molar-refractivity contribution in [3.63, 3.8) is 0 Å². The summed E-state index contributed by atoms with van der Waals surface area (Å²) in [6.07, 6.45) is 1.65. The predicted molar refractivity (Wildman–Crippen MR) is 106 cm³/mol. The van der Waals surface area contributed by atoms with Gasteiger partial charge in [0.2, 0.25) is 5.95 Å². The fraction of sp³-hybridized carbons (Fsp3) is 0.143. The molecule has 0 atom stereocenters. The Balaban J connectivity index is 1.60. The van der Waals surface area contributed by atoms with E-state index >= 15 is 0 Å². The van der Waals surface area contributed by atoms with Gasteiger partial charge in [-0.2, -0.15) is 4.98 Å². The van der Waals surface area contributed by atoms with Crippen molar-refractivity contribution in [1.82, 2.24) is 9.97 Å². The first-order chi connectivity index (χ1) is 13.3. The third-order valence-corrected chi connectivity index (χ3v) is 4.24. The number of para-hydroxylation sites is 2. The monoisotopic (exact) mass is 360 g/mol. The molecule has 136 valence electrons. The fourth-order valence-electron chi connectivity index (χ4n) is 2.90. The van der Waals surface area contributed by atoms with Crippen molar-refractivity contribution in [2.45, 2.75) is 13.1 Å². The maximum absolute atomic E-state index is 5.43. The molecule has 0 aliphatic heterocycles. The summed E-state index contributed by atoms with van der Waals surface area (Å²) in [6, 6.07) is 19.6. The van der Waals surface area contributed by atoms with Gasteiger partial charge in [0, 0.05) is 17.5 Å². The highest BCUT2D eigenvalue weighted by Gasteiger charge is 2.09. The summed E-state index contributed by atoms with van der Waals surface area (Å²) in [7, 11) is 1.68. The van der Waals surface area contributed by atoms with Gasteiger partial charge in [-0.3, -0.25) is 0 Å². The summed E-state index contributed by atoms with van der Waals surface area (Å²) in [6.45, 7) is 1.12. The molecule has 4 rings (SSSR count). The first-order valence-corrected chi connectivity index (χ1v) is 8.72. The third kappa shape index (κ3) is 3.84. The number of hydrogen-bond acceptors (Lipinski definition) is 6. The maximum atomic E-state index is 5.43. The van der Waals surface area contributed by atoms with Gasteiger partial charge >= 0.3 is 0 Å². The molecule has 2 aromatic carbocycles. The zero-order valence-corrected chi connectivity index (χ0v) is 15.0. The maximum Gasteiger partial charge on any atom is 0.225 e. The lowest BCUT2D eigenvalue weighted by Gasteiger charge is -2.13. The molecule has 2 aromatic heterocycles. The number of anilines is 2. The Morgan fingerprint density at radius 2 is 1.74 bits per heavy atom. The average molecular weight is 360 g/mol. The van der Waals surface area contributed by atoms with E-state index in [2.05, 4.69) is 20.6 Å². The summed E-state index contributed by atoms with van der Waals surface area (Å²) >= 11 is 0. The zero-order valence-electron chi connectivity index (χ0n) is 15.0. The molecule has 0 saturated carbocycles. The predicted octanol–water partition coefficient (Wildman–Crippen LogP) is 4.46. The molecule has 0 unspecified atom stereocenters. The van der Waals surface area contributed by atoms with Crippen molar-refractivity contribution in [2.75, 3.05) is 17.7 Å². The van der Waals surface area contributed by atoms with E-state index in [1.54, 1.807) is 13.4 Å². The second-order valence-corrected chi connectivity index (χ2v) is 6.01. The highest BCUT2D eigenvalue weighted by molar-refractivity contribution is 5.90. The normalized spacial score (nSPS) is 10.7. The Morgan fingerprint density at radius 1 is 0.889 bits per heavy atom. The summed E-state index contributed by atoms with van der Waals surface area (Å²) in [5.74, 6) is 3.00. The van der Waals surface area contributed by atoms with Gasteiger partial charge < -0.3 is 19.8 Å². The molecule has 0 bridgehead atoms. The molecular formula is C21H20N4O2. The van der Waals surface area contributed by atoms with Crippen LogP contribution in [0.4, 0.5) is 11.8 Å². The van der Waals surface area contributed by atoms with Crippen LogP contribution >= 0.6 is 0 Å². The highest BCUT2D eigenvalue weighted by atomic mass is 16.5. The van der Waals surface area contributed by atoms with E-state index in [1.165, 1.54) is 0 Å². The molecule has 2 heterocycles. The number of nitrogens with zero attached hydrogens (tertiary/aromatic N) is 2. The lowest BCUT2D eigenvalue weighted by atomic mass is 10.2. The lowest BCUT2D eigenvalue weighted by molar-refractivity contribution is 0.410. The van der Waals surface area contributed by atoms with Gasteiger partial charge in [0.25, 0.3) is 0 Å². The zero-order chi connectivity index (χ0) is 18.5. The van der Waals surface area contributed by atoms with Crippen molar-refractivity contribution in [3.05, 3.63) is 78.3 Å². The minimum absolute atomic E-state index is 0.525. The van der Waals surface area contributed by atoms with Gasteiger partial charge in [-0.1, -0.05) is 30.3 Å². The van der Waals surface area contributed by atoms with Crippen LogP contribution in [0.5, 0.6) is 5.75 Å². The first-order valence-electron chi connectivity index (χ1n) is 8.72. The molecule has 0 amide bonds. The van der Waals surface area contributed by atoms with Crippen LogP contribution in [-0.2, 0) is 13.1 Å². The molecule has 6 heteroatoms. The standard InChI is InChI=1S/C21H20N4O2/c1-26-19-11-5-2-7-15(19)13-22-20-17-9-3-4-10-18(17)24-21(25-20)23-14-16-8-6-12-27-16/h2-12H,13-14H2,1H3,(H2,22,23,24,25). The minimum Gasteiger partial charge on any atom is -0.496 e. The van der Waals surface area contributed by atoms with Crippen LogP contribution in [0.1, 0.15) is 11.3 Å². The molecule has 27 heavy (non-hydrogen) atoms. The number of benzene rings is 2. The van der Waals surface area contributed by atoms with Crippen LogP contribution in [0.15, 0.2) is 71.3 Å². The lowest BCUT2D eigenvalue weighted by Crippen LogP contribution is -2.08. The van der Waals surface area contributed by atoms with Crippen LogP contribution in [0.25, 0.3) is 10.9 Å². The second-order valence-electron chi connectivity index (χ2n) is 6.01. The first kappa shape index (κ1) is 16.9. The van der Waals surface area contributed by atoms with Crippen LogP contribution in [0.3, 0.4) is 0 Å². The average Bonchev–Trinajstić information content (AvgIpc) is 3.24. The van der Waals surface area contributed by atoms with Crippen LogP contribution < -0.4 is 15.4 Å². The summed E-state index contributed by atoms with van der Waals surface area (Å²) in [4.78, 5) is 9.25. The van der Waals surface area contributed by atoms with Crippen molar-refractivity contribution < 1.29 is 9.15 Å². The highest BCUT2D eigenvalue weighted by Crippen LogP contribution is 2.24. The minimum atomic E-state index is 0.525. The van der Waals surface area contributed by atoms with Crippen molar-refractivity contribution in [1.29, 1.82) is 0 Å². The van der Waals surface area contributed by atoms with E-state index in [0.717, 1.165) is 33.8 Å². The molecule has 6 nitrogen and oxygen atoms in total. The fourth-order valence-corrected chi connectivity index (χ4v) is 2.90. The van der Waals surface area contributed by atoms with Gasteiger partial charge in [0.1, 0.15) is 17.3 Å². The second kappa shape index (κ2) is 7.78. The van der Waals surface area contributed by atoms with E-state index in [1.807, 2.05) is 60.7 Å². The molecule has 0 aliphatic carbocycles. The molecular weight excluding hydrogens is 340 g/mol. The Labute approximate surface area is 157 Å². The van der Waals surface area contributed by atoms with Crippen LogP contribution in [0, 0.1) is 0 Å². The van der Waals surface area contributed by atoms with E-state index in [-0.39, 0.29) is 0 Å². The third-order valence-electron chi connectivity index (χ3n) is 4.24. The molecule has 0 spiro atoms. The number of furan rings is 1.